The van der Waals surface area contributed by atoms with Crippen LogP contribution >= 0.6 is 0 Å². The maximum atomic E-state index is 5.99. The quantitative estimate of drug-likeness (QED) is 0.439. The smallest absolute Gasteiger partial charge is 0.0373 e. The van der Waals surface area contributed by atoms with Crippen LogP contribution in [0.3, 0.4) is 0 Å². The highest BCUT2D eigenvalue weighted by molar-refractivity contribution is 4.96. The number of hydrogen-bond donors (Lipinski definition) is 3. The van der Waals surface area contributed by atoms with Gasteiger partial charge in [0, 0.05) is 31.2 Å². The van der Waals surface area contributed by atoms with Gasteiger partial charge in [-0.1, -0.05) is 6.42 Å². The fourth-order valence-electron chi connectivity index (χ4n) is 2.25. The van der Waals surface area contributed by atoms with E-state index in [0.29, 0.717) is 18.1 Å². The average molecular weight is 155 g/mol. The first-order valence-electron chi connectivity index (χ1n) is 4.60. The van der Waals surface area contributed by atoms with E-state index in [0.717, 1.165) is 13.1 Å². The van der Waals surface area contributed by atoms with Crippen molar-refractivity contribution in [1.29, 1.82) is 0 Å². The van der Waals surface area contributed by atoms with Crippen LogP contribution in [0.4, 0.5) is 0 Å². The molecular weight excluding hydrogens is 138 g/mol. The van der Waals surface area contributed by atoms with Gasteiger partial charge in [0.1, 0.15) is 0 Å². The standard InChI is InChI=1S/C8H17N3/c9-6-2-1-3-7-8(6)11-5-4-10-7/h6-8,10-11H,1-5,9H2/t6-,7-,8-/m0/s1. The van der Waals surface area contributed by atoms with Gasteiger partial charge in [-0.3, -0.25) is 0 Å². The third kappa shape index (κ3) is 1.41. The van der Waals surface area contributed by atoms with Crippen molar-refractivity contribution in [1.82, 2.24) is 10.6 Å². The molecule has 0 unspecified atom stereocenters. The van der Waals surface area contributed by atoms with Crippen LogP contribution in [0.15, 0.2) is 0 Å². The zero-order valence-electron chi connectivity index (χ0n) is 6.84. The second-order valence-electron chi connectivity index (χ2n) is 3.64. The molecule has 0 aromatic heterocycles. The third-order valence-electron chi connectivity index (χ3n) is 2.86. The lowest BCUT2D eigenvalue weighted by Gasteiger charge is -2.40. The molecule has 1 saturated heterocycles. The molecule has 0 aromatic carbocycles. The third-order valence-corrected chi connectivity index (χ3v) is 2.86. The Balaban J connectivity index is 1.99. The summed E-state index contributed by atoms with van der Waals surface area (Å²) < 4.78 is 0. The molecule has 11 heavy (non-hydrogen) atoms. The Kier molecular flexibility index (Phi) is 2.11. The van der Waals surface area contributed by atoms with Gasteiger partial charge in [-0.05, 0) is 12.8 Å². The number of nitrogens with two attached hydrogens (primary N) is 1. The van der Waals surface area contributed by atoms with E-state index >= 15 is 0 Å². The van der Waals surface area contributed by atoms with Crippen molar-refractivity contribution in [3.8, 4) is 0 Å². The lowest BCUT2D eigenvalue weighted by atomic mass is 9.85. The molecule has 1 heterocycles. The highest BCUT2D eigenvalue weighted by Crippen LogP contribution is 2.18. The topological polar surface area (TPSA) is 50.1 Å². The van der Waals surface area contributed by atoms with Crippen LogP contribution in [0.5, 0.6) is 0 Å². The van der Waals surface area contributed by atoms with Gasteiger partial charge in [0.05, 0.1) is 0 Å². The van der Waals surface area contributed by atoms with Crippen LogP contribution < -0.4 is 16.4 Å². The van der Waals surface area contributed by atoms with Crippen LogP contribution in [0.25, 0.3) is 0 Å². The van der Waals surface area contributed by atoms with Gasteiger partial charge in [-0.25, -0.2) is 0 Å². The first-order chi connectivity index (χ1) is 5.38. The van der Waals surface area contributed by atoms with Gasteiger partial charge in [-0.15, -0.1) is 0 Å². The van der Waals surface area contributed by atoms with E-state index in [1.165, 1.54) is 19.3 Å². The number of rotatable bonds is 0. The van der Waals surface area contributed by atoms with Crippen molar-refractivity contribution < 1.29 is 0 Å². The maximum absolute atomic E-state index is 5.99. The van der Waals surface area contributed by atoms with Gasteiger partial charge in [0.25, 0.3) is 0 Å². The van der Waals surface area contributed by atoms with Crippen LogP contribution in [0, 0.1) is 0 Å². The van der Waals surface area contributed by atoms with Gasteiger partial charge < -0.3 is 16.4 Å². The second-order valence-corrected chi connectivity index (χ2v) is 3.64. The molecule has 0 amide bonds. The van der Waals surface area contributed by atoms with E-state index in [9.17, 15) is 0 Å². The van der Waals surface area contributed by atoms with Crippen molar-refractivity contribution in [2.75, 3.05) is 13.1 Å². The molecule has 0 spiro atoms. The Bertz CT molecular complexity index is 135. The van der Waals surface area contributed by atoms with Crippen LogP contribution in [-0.2, 0) is 0 Å². The molecule has 1 aliphatic carbocycles. The van der Waals surface area contributed by atoms with Gasteiger partial charge in [0.15, 0.2) is 0 Å². The summed E-state index contributed by atoms with van der Waals surface area (Å²) in [5, 5.41) is 6.99. The number of hydrogen-bond acceptors (Lipinski definition) is 3. The number of nitrogens with one attached hydrogen (secondary N) is 2. The van der Waals surface area contributed by atoms with Crippen LogP contribution in [0.2, 0.25) is 0 Å². The molecular formula is C8H17N3. The van der Waals surface area contributed by atoms with Crippen LogP contribution in [-0.4, -0.2) is 31.2 Å². The lowest BCUT2D eigenvalue weighted by molar-refractivity contribution is 0.224. The van der Waals surface area contributed by atoms with E-state index in [4.69, 9.17) is 5.73 Å². The van der Waals surface area contributed by atoms with E-state index < -0.39 is 0 Å². The summed E-state index contributed by atoms with van der Waals surface area (Å²) in [6.07, 6.45) is 3.78. The minimum atomic E-state index is 0.376. The van der Waals surface area contributed by atoms with Crippen molar-refractivity contribution in [3.63, 3.8) is 0 Å². The molecule has 1 aliphatic heterocycles. The molecule has 1 saturated carbocycles. The second kappa shape index (κ2) is 3.09. The summed E-state index contributed by atoms with van der Waals surface area (Å²) in [4.78, 5) is 0. The minimum Gasteiger partial charge on any atom is -0.326 e. The predicted molar refractivity (Wildman–Crippen MR) is 45.4 cm³/mol. The summed E-state index contributed by atoms with van der Waals surface area (Å²) in [5.74, 6) is 0. The minimum absolute atomic E-state index is 0.376. The van der Waals surface area contributed by atoms with Gasteiger partial charge in [-0.2, -0.15) is 0 Å². The summed E-state index contributed by atoms with van der Waals surface area (Å²) in [6.45, 7) is 2.18. The Morgan fingerprint density at radius 2 is 1.91 bits per heavy atom. The van der Waals surface area contributed by atoms with Gasteiger partial charge in [0.2, 0.25) is 0 Å². The number of fused-ring (bicyclic) bond motifs is 1. The maximum Gasteiger partial charge on any atom is 0.0373 e. The normalized spacial score (nSPS) is 45.0. The van der Waals surface area contributed by atoms with Crippen molar-refractivity contribution in [2.24, 2.45) is 5.73 Å². The Morgan fingerprint density at radius 1 is 1.09 bits per heavy atom. The van der Waals surface area contributed by atoms with Crippen molar-refractivity contribution in [2.45, 2.75) is 37.4 Å². The summed E-state index contributed by atoms with van der Waals surface area (Å²) in [5.41, 5.74) is 5.99. The highest BCUT2D eigenvalue weighted by Gasteiger charge is 2.32. The average Bonchev–Trinajstić information content (AvgIpc) is 2.06. The molecule has 64 valence electrons. The van der Waals surface area contributed by atoms with Crippen LogP contribution in [0.1, 0.15) is 19.3 Å². The monoisotopic (exact) mass is 155 g/mol. The largest absolute Gasteiger partial charge is 0.326 e. The lowest BCUT2D eigenvalue weighted by Crippen LogP contribution is -2.64. The summed E-state index contributed by atoms with van der Waals surface area (Å²) in [6, 6.07) is 1.56. The molecule has 2 fully saturated rings. The Labute approximate surface area is 67.7 Å². The van der Waals surface area contributed by atoms with E-state index in [1.54, 1.807) is 0 Å². The Morgan fingerprint density at radius 3 is 2.73 bits per heavy atom. The Hall–Kier alpha value is -0.120. The SMILES string of the molecule is N[C@H]1CCC[C@@H]2NCCN[C@H]21. The molecule has 3 atom stereocenters. The molecule has 3 heteroatoms. The van der Waals surface area contributed by atoms with Gasteiger partial charge >= 0.3 is 0 Å². The van der Waals surface area contributed by atoms with Crippen molar-refractivity contribution in [3.05, 3.63) is 0 Å². The summed E-state index contributed by atoms with van der Waals surface area (Å²) in [7, 11) is 0. The first-order valence-corrected chi connectivity index (χ1v) is 4.60. The fourth-order valence-corrected chi connectivity index (χ4v) is 2.25. The molecule has 0 aromatic rings. The van der Waals surface area contributed by atoms with E-state index in [1.807, 2.05) is 0 Å². The van der Waals surface area contributed by atoms with Crippen molar-refractivity contribution >= 4 is 0 Å². The molecule has 2 rings (SSSR count). The molecule has 0 radical (unpaired) electrons. The zero-order valence-corrected chi connectivity index (χ0v) is 6.84. The molecule has 3 nitrogen and oxygen atoms in total. The predicted octanol–water partition coefficient (Wildman–Crippen LogP) is -0.572. The highest BCUT2D eigenvalue weighted by atomic mass is 15.1. The molecule has 4 N–H and O–H groups in total. The van der Waals surface area contributed by atoms with E-state index in [-0.39, 0.29) is 0 Å². The van der Waals surface area contributed by atoms with E-state index in [2.05, 4.69) is 10.6 Å². The zero-order chi connectivity index (χ0) is 7.68. The summed E-state index contributed by atoms with van der Waals surface area (Å²) >= 11 is 0. The molecule has 2 aliphatic rings. The fraction of sp³-hybridized carbons (Fsp3) is 1.00. The molecule has 0 bridgehead atoms. The number of piperazine rings is 1. The first kappa shape index (κ1) is 7.53.